The van der Waals surface area contributed by atoms with Crippen molar-refractivity contribution in [3.05, 3.63) is 81.1 Å². The smallest absolute Gasteiger partial charge is 0.267 e. The number of benzene rings is 1. The monoisotopic (exact) mass is 544 g/mol. The second-order valence-corrected chi connectivity index (χ2v) is 12.2. The molecule has 1 amide bonds. The number of anilines is 1. The van der Waals surface area contributed by atoms with E-state index < -0.39 is 0 Å². The van der Waals surface area contributed by atoms with E-state index in [0.29, 0.717) is 32.2 Å². The summed E-state index contributed by atoms with van der Waals surface area (Å²) in [5.41, 5.74) is 2.30. The van der Waals surface area contributed by atoms with Crippen LogP contribution in [0, 0.1) is 5.92 Å². The Morgan fingerprint density at radius 1 is 0.947 bits per heavy atom. The molecule has 2 saturated heterocycles. The number of hydrogen-bond donors (Lipinski definition) is 0. The maximum atomic E-state index is 13.7. The Morgan fingerprint density at radius 2 is 1.68 bits per heavy atom. The number of fused-ring (bicyclic) bond motifs is 1. The van der Waals surface area contributed by atoms with E-state index in [1.165, 1.54) is 23.7 Å². The van der Waals surface area contributed by atoms with Crippen molar-refractivity contribution in [2.45, 2.75) is 57.4 Å². The molecule has 2 aliphatic heterocycles. The summed E-state index contributed by atoms with van der Waals surface area (Å²) in [5, 5.41) is 0. The van der Waals surface area contributed by atoms with Gasteiger partial charge in [-0.15, -0.1) is 0 Å². The Balaban J connectivity index is 1.31. The van der Waals surface area contributed by atoms with Crippen LogP contribution in [0.15, 0.2) is 64.4 Å². The normalized spacial score (nSPS) is 20.7. The molecule has 3 aliphatic rings. The van der Waals surface area contributed by atoms with Crippen molar-refractivity contribution in [1.29, 1.82) is 0 Å². The van der Waals surface area contributed by atoms with Gasteiger partial charge in [0.25, 0.3) is 11.5 Å². The first-order valence-corrected chi connectivity index (χ1v) is 14.9. The Morgan fingerprint density at radius 3 is 2.45 bits per heavy atom. The number of thioether (sulfide) groups is 1. The van der Waals surface area contributed by atoms with Crippen LogP contribution in [-0.2, 0) is 11.2 Å². The lowest BCUT2D eigenvalue weighted by Gasteiger charge is -2.33. The molecule has 0 unspecified atom stereocenters. The van der Waals surface area contributed by atoms with Crippen LogP contribution in [0.5, 0.6) is 0 Å². The fraction of sp³-hybridized carbons (Fsp3) is 0.400. The van der Waals surface area contributed by atoms with Gasteiger partial charge in [-0.2, -0.15) is 0 Å². The topological polar surface area (TPSA) is 57.9 Å². The third-order valence-corrected chi connectivity index (χ3v) is 9.40. The van der Waals surface area contributed by atoms with Gasteiger partial charge in [-0.05, 0) is 61.8 Å². The highest BCUT2D eigenvalue weighted by Gasteiger charge is 2.38. The average Bonchev–Trinajstić information content (AvgIpc) is 3.24. The van der Waals surface area contributed by atoms with Crippen LogP contribution in [0.1, 0.15) is 56.1 Å². The molecule has 2 aromatic heterocycles. The van der Waals surface area contributed by atoms with Gasteiger partial charge in [-0.3, -0.25) is 18.9 Å². The molecule has 6 rings (SSSR count). The van der Waals surface area contributed by atoms with E-state index in [-0.39, 0.29) is 17.5 Å². The zero-order valence-corrected chi connectivity index (χ0v) is 23.1. The standard InChI is InChI=1S/C30H32N4O2S2/c35-28-24(20-25-29(36)34(30(37)38-25)23-11-5-2-6-12-23)27(31-26-13-7-8-16-33(26)28)32-17-14-22(15-18-32)19-21-9-3-1-4-10-21/h1,3-4,7-10,13,16,20,22-23H,2,5-6,11-12,14-15,17-19H2. The highest BCUT2D eigenvalue weighted by Crippen LogP contribution is 2.38. The largest absolute Gasteiger partial charge is 0.356 e. The molecule has 1 saturated carbocycles. The van der Waals surface area contributed by atoms with Gasteiger partial charge in [0.05, 0.1) is 10.5 Å². The Hall–Kier alpha value is -2.97. The third kappa shape index (κ3) is 5.04. The molecule has 3 aromatic rings. The highest BCUT2D eigenvalue weighted by molar-refractivity contribution is 8.26. The summed E-state index contributed by atoms with van der Waals surface area (Å²) < 4.78 is 2.17. The van der Waals surface area contributed by atoms with E-state index in [1.807, 2.05) is 18.2 Å². The number of carbonyl (C=O) groups is 1. The number of amides is 1. The molecule has 196 valence electrons. The van der Waals surface area contributed by atoms with Crippen molar-refractivity contribution in [3.8, 4) is 0 Å². The van der Waals surface area contributed by atoms with Crippen molar-refractivity contribution >= 4 is 51.7 Å². The van der Waals surface area contributed by atoms with Gasteiger partial charge < -0.3 is 4.90 Å². The molecule has 4 heterocycles. The number of pyridine rings is 1. The first-order valence-electron chi connectivity index (χ1n) is 13.7. The van der Waals surface area contributed by atoms with Crippen molar-refractivity contribution in [1.82, 2.24) is 14.3 Å². The molecular formula is C30H32N4O2S2. The number of carbonyl (C=O) groups excluding carboxylic acids is 1. The maximum absolute atomic E-state index is 13.7. The Bertz CT molecular complexity index is 1440. The molecule has 0 atom stereocenters. The number of rotatable bonds is 5. The zero-order chi connectivity index (χ0) is 26.1. The predicted octanol–water partition coefficient (Wildman–Crippen LogP) is 5.69. The molecule has 3 fully saturated rings. The van der Waals surface area contributed by atoms with E-state index in [9.17, 15) is 9.59 Å². The molecular weight excluding hydrogens is 512 g/mol. The van der Waals surface area contributed by atoms with Crippen LogP contribution >= 0.6 is 24.0 Å². The van der Waals surface area contributed by atoms with E-state index in [0.717, 1.165) is 58.0 Å². The number of hydrogen-bond acceptors (Lipinski definition) is 6. The average molecular weight is 545 g/mol. The minimum atomic E-state index is -0.153. The van der Waals surface area contributed by atoms with E-state index in [4.69, 9.17) is 17.2 Å². The summed E-state index contributed by atoms with van der Waals surface area (Å²) in [4.78, 5) is 36.7. The van der Waals surface area contributed by atoms with E-state index in [1.54, 1.807) is 21.6 Å². The van der Waals surface area contributed by atoms with Gasteiger partial charge in [0.1, 0.15) is 15.8 Å². The van der Waals surface area contributed by atoms with Crippen molar-refractivity contribution in [2.75, 3.05) is 18.0 Å². The molecule has 8 heteroatoms. The van der Waals surface area contributed by atoms with Gasteiger partial charge >= 0.3 is 0 Å². The summed E-state index contributed by atoms with van der Waals surface area (Å²) >= 11 is 6.96. The lowest BCUT2D eigenvalue weighted by molar-refractivity contribution is -0.124. The van der Waals surface area contributed by atoms with Crippen LogP contribution in [0.3, 0.4) is 0 Å². The summed E-state index contributed by atoms with van der Waals surface area (Å²) in [6, 6.07) is 16.4. The van der Waals surface area contributed by atoms with Crippen LogP contribution in [-0.4, -0.2) is 43.6 Å². The first-order chi connectivity index (χ1) is 18.6. The number of piperidine rings is 1. The SMILES string of the molecule is O=C1C(=Cc2c(N3CCC(Cc4ccccc4)CC3)nc3ccccn3c2=O)SC(=S)N1C1CCCCC1. The molecule has 0 N–H and O–H groups in total. The second-order valence-electron chi connectivity index (χ2n) is 10.5. The van der Waals surface area contributed by atoms with Crippen molar-refractivity contribution in [2.24, 2.45) is 5.92 Å². The van der Waals surface area contributed by atoms with Crippen LogP contribution < -0.4 is 10.5 Å². The van der Waals surface area contributed by atoms with Gasteiger partial charge in [-0.25, -0.2) is 4.98 Å². The summed E-state index contributed by atoms with van der Waals surface area (Å²) in [5.74, 6) is 1.20. The quantitative estimate of drug-likeness (QED) is 0.304. The zero-order valence-electron chi connectivity index (χ0n) is 21.4. The Labute approximate surface area is 232 Å². The molecule has 1 aromatic carbocycles. The van der Waals surface area contributed by atoms with Crippen molar-refractivity contribution < 1.29 is 4.79 Å². The fourth-order valence-corrected chi connectivity index (χ4v) is 7.40. The summed E-state index contributed by atoms with van der Waals surface area (Å²) in [6.45, 7) is 1.66. The van der Waals surface area contributed by atoms with E-state index in [2.05, 4.69) is 35.2 Å². The molecule has 6 nitrogen and oxygen atoms in total. The van der Waals surface area contributed by atoms with Gasteiger partial charge in [0, 0.05) is 25.3 Å². The van der Waals surface area contributed by atoms with Crippen LogP contribution in [0.2, 0.25) is 0 Å². The summed E-state index contributed by atoms with van der Waals surface area (Å²) in [7, 11) is 0. The molecule has 0 radical (unpaired) electrons. The number of thiocarbonyl (C=S) groups is 1. The summed E-state index contributed by atoms with van der Waals surface area (Å²) in [6.07, 6.45) is 12.1. The first kappa shape index (κ1) is 25.3. The molecule has 38 heavy (non-hydrogen) atoms. The number of aromatic nitrogens is 2. The van der Waals surface area contributed by atoms with Crippen LogP contribution in [0.4, 0.5) is 5.82 Å². The third-order valence-electron chi connectivity index (χ3n) is 8.07. The van der Waals surface area contributed by atoms with Gasteiger partial charge in [-0.1, -0.05) is 79.6 Å². The Kier molecular flexibility index (Phi) is 7.34. The lowest BCUT2D eigenvalue weighted by atomic mass is 9.90. The molecule has 1 aliphatic carbocycles. The van der Waals surface area contributed by atoms with Crippen LogP contribution in [0.25, 0.3) is 11.7 Å². The highest BCUT2D eigenvalue weighted by atomic mass is 32.2. The number of nitrogens with zero attached hydrogens (tertiary/aromatic N) is 4. The van der Waals surface area contributed by atoms with E-state index >= 15 is 0 Å². The lowest BCUT2D eigenvalue weighted by Crippen LogP contribution is -2.39. The maximum Gasteiger partial charge on any atom is 0.267 e. The van der Waals surface area contributed by atoms with Gasteiger partial charge in [0.15, 0.2) is 0 Å². The fourth-order valence-electron chi connectivity index (χ4n) is 6.02. The minimum absolute atomic E-state index is 0.0722. The second kappa shape index (κ2) is 11.0. The molecule has 0 spiro atoms. The predicted molar refractivity (Wildman–Crippen MR) is 158 cm³/mol. The molecule has 0 bridgehead atoms. The van der Waals surface area contributed by atoms with Gasteiger partial charge in [0.2, 0.25) is 0 Å². The minimum Gasteiger partial charge on any atom is -0.356 e. The van der Waals surface area contributed by atoms with Crippen molar-refractivity contribution in [3.63, 3.8) is 0 Å².